The predicted molar refractivity (Wildman–Crippen MR) is 146 cm³/mol. The van der Waals surface area contributed by atoms with E-state index in [2.05, 4.69) is 22.6 Å². The average Bonchev–Trinajstić information content (AvgIpc) is 3.56. The lowest BCUT2D eigenvalue weighted by Gasteiger charge is -2.27. The number of anilines is 2. The third-order valence-electron chi connectivity index (χ3n) is 6.33. The first-order chi connectivity index (χ1) is 17.4. The van der Waals surface area contributed by atoms with Gasteiger partial charge < -0.3 is 4.42 Å². The molecule has 6 nitrogen and oxygen atoms in total. The monoisotopic (exact) mass is 630 g/mol. The molecule has 0 N–H and O–H groups in total. The van der Waals surface area contributed by atoms with E-state index in [-0.39, 0.29) is 5.91 Å². The number of hydrogen-bond acceptors (Lipinski definition) is 5. The number of carbonyl (C=O) groups excluding carboxylic acids is 2. The molecule has 2 saturated heterocycles. The minimum Gasteiger partial charge on any atom is -0.459 e. The third-order valence-corrected chi connectivity index (χ3v) is 7.79. The third kappa shape index (κ3) is 3.82. The molecule has 0 saturated carbocycles. The number of fused-ring (bicyclic) bond motifs is 1. The number of carbonyl (C=O) groups is 2. The highest BCUT2D eigenvalue weighted by molar-refractivity contribution is 14.1. The van der Waals surface area contributed by atoms with Crippen LogP contribution < -0.4 is 9.96 Å². The van der Waals surface area contributed by atoms with Crippen LogP contribution in [0.5, 0.6) is 0 Å². The Morgan fingerprint density at radius 1 is 0.833 bits per heavy atom. The molecular formula is C27H17Cl2IN2O4. The van der Waals surface area contributed by atoms with Crippen molar-refractivity contribution in [1.82, 2.24) is 0 Å². The van der Waals surface area contributed by atoms with E-state index in [0.29, 0.717) is 38.5 Å². The molecule has 2 aliphatic heterocycles. The Bertz CT molecular complexity index is 1490. The van der Waals surface area contributed by atoms with Crippen molar-refractivity contribution in [2.45, 2.75) is 12.1 Å². The molecule has 6 rings (SSSR count). The molecule has 3 heterocycles. The number of furan rings is 1. The largest absolute Gasteiger partial charge is 0.459 e. The Morgan fingerprint density at radius 2 is 1.58 bits per heavy atom. The zero-order valence-corrected chi connectivity index (χ0v) is 22.1. The highest BCUT2D eigenvalue weighted by atomic mass is 127. The van der Waals surface area contributed by atoms with Gasteiger partial charge in [0.15, 0.2) is 6.10 Å². The van der Waals surface area contributed by atoms with Gasteiger partial charge in [-0.25, -0.2) is 9.96 Å². The second-order valence-corrected chi connectivity index (χ2v) is 10.5. The second-order valence-electron chi connectivity index (χ2n) is 8.45. The fourth-order valence-corrected chi connectivity index (χ4v) is 5.85. The van der Waals surface area contributed by atoms with Crippen LogP contribution >= 0.6 is 45.8 Å². The van der Waals surface area contributed by atoms with Crippen LogP contribution in [0.2, 0.25) is 10.0 Å². The highest BCUT2D eigenvalue weighted by Crippen LogP contribution is 2.49. The molecule has 3 atom stereocenters. The van der Waals surface area contributed by atoms with Gasteiger partial charge in [0.1, 0.15) is 23.5 Å². The summed E-state index contributed by atoms with van der Waals surface area (Å²) in [5, 5.41) is 2.56. The molecule has 36 heavy (non-hydrogen) atoms. The first kappa shape index (κ1) is 23.5. The van der Waals surface area contributed by atoms with E-state index in [1.807, 2.05) is 42.5 Å². The van der Waals surface area contributed by atoms with Crippen LogP contribution in [0.1, 0.15) is 11.8 Å². The molecule has 0 radical (unpaired) electrons. The van der Waals surface area contributed by atoms with E-state index in [1.54, 1.807) is 47.5 Å². The average molecular weight is 631 g/mol. The van der Waals surface area contributed by atoms with Gasteiger partial charge in [0.25, 0.3) is 5.91 Å². The minimum absolute atomic E-state index is 0.333. The fraction of sp³-hybridized carbons (Fsp3) is 0.111. The molecule has 180 valence electrons. The number of hydrogen-bond donors (Lipinski definition) is 0. The van der Waals surface area contributed by atoms with Gasteiger partial charge in [-0.1, -0.05) is 53.5 Å². The van der Waals surface area contributed by atoms with E-state index in [0.717, 1.165) is 3.57 Å². The lowest BCUT2D eigenvalue weighted by Crippen LogP contribution is -2.37. The summed E-state index contributed by atoms with van der Waals surface area (Å²) in [6, 6.07) is 24.7. The number of para-hydroxylation sites is 2. The first-order valence-electron chi connectivity index (χ1n) is 11.1. The molecule has 0 aliphatic carbocycles. The summed E-state index contributed by atoms with van der Waals surface area (Å²) in [6.07, 6.45) is -0.980. The van der Waals surface area contributed by atoms with Crippen LogP contribution in [0.25, 0.3) is 11.3 Å². The Kier molecular flexibility index (Phi) is 6.03. The van der Waals surface area contributed by atoms with E-state index >= 15 is 0 Å². The molecule has 0 unspecified atom stereocenters. The normalized spacial score (nSPS) is 21.4. The van der Waals surface area contributed by atoms with Crippen molar-refractivity contribution in [3.8, 4) is 11.3 Å². The van der Waals surface area contributed by atoms with Crippen LogP contribution in [0, 0.1) is 9.49 Å². The standard InChI is InChI=1S/C27H17Cl2IN2O4/c28-15-10-11-17(18(29)14-15)21-12-13-22(35-21)24-23-25(36-32(24)16-6-2-1-3-7-16)27(34)31(26(23)33)20-9-5-4-8-19(20)30/h1-14,23-25H/t23-,24-,25+/m0/s1. The molecular weight excluding hydrogens is 614 g/mol. The lowest BCUT2D eigenvalue weighted by atomic mass is 9.94. The van der Waals surface area contributed by atoms with Gasteiger partial charge in [-0.05, 0) is 77.2 Å². The Balaban J connectivity index is 1.44. The van der Waals surface area contributed by atoms with Gasteiger partial charge >= 0.3 is 0 Å². The smallest absolute Gasteiger partial charge is 0.266 e. The summed E-state index contributed by atoms with van der Waals surface area (Å²) in [5.41, 5.74) is 1.92. The summed E-state index contributed by atoms with van der Waals surface area (Å²) in [4.78, 5) is 34.7. The maximum Gasteiger partial charge on any atom is 0.266 e. The summed E-state index contributed by atoms with van der Waals surface area (Å²) in [6.45, 7) is 0. The molecule has 0 bridgehead atoms. The zero-order chi connectivity index (χ0) is 25.0. The molecule has 3 aromatic carbocycles. The molecule has 2 fully saturated rings. The molecule has 4 aromatic rings. The number of hydroxylamine groups is 1. The van der Waals surface area contributed by atoms with Crippen molar-refractivity contribution in [2.24, 2.45) is 5.92 Å². The van der Waals surface area contributed by atoms with E-state index < -0.39 is 24.0 Å². The highest BCUT2D eigenvalue weighted by Gasteiger charge is 2.61. The quantitative estimate of drug-likeness (QED) is 0.181. The SMILES string of the molecule is O=C1[C@@H]2[C@@H](ON(c3ccccc3)[C@H]2c2ccc(-c3ccc(Cl)cc3Cl)o2)C(=O)N1c1ccccc1I. The molecule has 9 heteroatoms. The number of halogens is 3. The molecule has 2 aliphatic rings. The van der Waals surface area contributed by atoms with Crippen molar-refractivity contribution in [1.29, 1.82) is 0 Å². The van der Waals surface area contributed by atoms with Gasteiger partial charge in [0.05, 0.1) is 16.4 Å². The van der Waals surface area contributed by atoms with Crippen LogP contribution in [0.4, 0.5) is 11.4 Å². The summed E-state index contributed by atoms with van der Waals surface area (Å²) < 4.78 is 7.05. The maximum absolute atomic E-state index is 13.8. The van der Waals surface area contributed by atoms with Crippen molar-refractivity contribution < 1.29 is 18.8 Å². The minimum atomic E-state index is -0.980. The summed E-state index contributed by atoms with van der Waals surface area (Å²) in [5.74, 6) is -0.522. The Labute approximate surface area is 230 Å². The second kappa shape index (κ2) is 9.23. The number of benzene rings is 3. The molecule has 1 aromatic heterocycles. The maximum atomic E-state index is 13.8. The van der Waals surface area contributed by atoms with Crippen molar-refractivity contribution in [3.05, 3.63) is 104 Å². The number of nitrogens with zero attached hydrogens (tertiary/aromatic N) is 2. The molecule has 0 spiro atoms. The Morgan fingerprint density at radius 3 is 2.33 bits per heavy atom. The topological polar surface area (TPSA) is 63.0 Å². The van der Waals surface area contributed by atoms with E-state index in [1.165, 1.54) is 4.90 Å². The first-order valence-corrected chi connectivity index (χ1v) is 13.0. The van der Waals surface area contributed by atoms with Crippen molar-refractivity contribution in [3.63, 3.8) is 0 Å². The van der Waals surface area contributed by atoms with Crippen LogP contribution in [0.3, 0.4) is 0 Å². The van der Waals surface area contributed by atoms with Gasteiger partial charge in [0.2, 0.25) is 5.91 Å². The zero-order valence-electron chi connectivity index (χ0n) is 18.5. The van der Waals surface area contributed by atoms with Crippen molar-refractivity contribution in [2.75, 3.05) is 9.96 Å². The van der Waals surface area contributed by atoms with Gasteiger partial charge in [-0.3, -0.25) is 14.4 Å². The fourth-order valence-electron chi connectivity index (χ4n) is 4.72. The number of rotatable bonds is 4. The lowest BCUT2D eigenvalue weighted by molar-refractivity contribution is -0.126. The van der Waals surface area contributed by atoms with E-state index in [9.17, 15) is 9.59 Å². The van der Waals surface area contributed by atoms with Gasteiger partial charge in [-0.15, -0.1) is 0 Å². The summed E-state index contributed by atoms with van der Waals surface area (Å²) in [7, 11) is 0. The summed E-state index contributed by atoms with van der Waals surface area (Å²) >= 11 is 14.6. The van der Waals surface area contributed by atoms with Crippen LogP contribution in [-0.2, 0) is 14.4 Å². The van der Waals surface area contributed by atoms with Crippen LogP contribution in [-0.4, -0.2) is 17.9 Å². The predicted octanol–water partition coefficient (Wildman–Crippen LogP) is 6.91. The van der Waals surface area contributed by atoms with Crippen molar-refractivity contribution >= 4 is 69.0 Å². The van der Waals surface area contributed by atoms with Gasteiger partial charge in [0, 0.05) is 14.2 Å². The number of amides is 2. The van der Waals surface area contributed by atoms with Gasteiger partial charge in [-0.2, -0.15) is 0 Å². The van der Waals surface area contributed by atoms with Crippen LogP contribution in [0.15, 0.2) is 89.3 Å². The molecule has 2 amide bonds. The van der Waals surface area contributed by atoms with E-state index in [4.69, 9.17) is 32.5 Å². The number of imide groups is 1. The Hall–Kier alpha value is -2.85.